The molecule has 0 fully saturated rings. The lowest BCUT2D eigenvalue weighted by Gasteiger charge is -2.19. The van der Waals surface area contributed by atoms with Crippen LogP contribution in [-0.2, 0) is 0 Å². The molecule has 0 spiro atoms. The van der Waals surface area contributed by atoms with Crippen molar-refractivity contribution < 1.29 is 13.9 Å². The Hall–Kier alpha value is -3.35. The standard InChI is InChI=1S/C19H17FN4O2/c1-12-21-18(11-19(22-12)24-15-5-3-2-4-14(15)20)23-13-6-7-16-17(10-13)26-9-8-25-16/h2-7,10-11H,8-9H2,1H3,(H2,21,22,23,24). The first-order chi connectivity index (χ1) is 12.7. The molecule has 0 radical (unpaired) electrons. The SMILES string of the molecule is Cc1nc(Nc2ccc3c(c2)OCCO3)cc(Nc2ccccc2F)n1. The highest BCUT2D eigenvalue weighted by atomic mass is 19.1. The van der Waals surface area contributed by atoms with Crippen LogP contribution >= 0.6 is 0 Å². The van der Waals surface area contributed by atoms with Crippen LogP contribution in [0, 0.1) is 12.7 Å². The smallest absolute Gasteiger partial charge is 0.163 e. The fraction of sp³-hybridized carbons (Fsp3) is 0.158. The van der Waals surface area contributed by atoms with Crippen molar-refractivity contribution in [1.82, 2.24) is 9.97 Å². The van der Waals surface area contributed by atoms with Crippen LogP contribution in [0.3, 0.4) is 0 Å². The number of aromatic nitrogens is 2. The molecule has 1 aromatic heterocycles. The minimum Gasteiger partial charge on any atom is -0.486 e. The number of nitrogens with one attached hydrogen (secondary N) is 2. The van der Waals surface area contributed by atoms with Gasteiger partial charge in [-0.2, -0.15) is 0 Å². The molecule has 1 aliphatic rings. The monoisotopic (exact) mass is 352 g/mol. The van der Waals surface area contributed by atoms with Crippen LogP contribution in [-0.4, -0.2) is 23.2 Å². The number of ether oxygens (including phenoxy) is 2. The molecule has 0 unspecified atom stereocenters. The summed E-state index contributed by atoms with van der Waals surface area (Å²) in [6.45, 7) is 2.86. The third-order valence-electron chi connectivity index (χ3n) is 3.79. The van der Waals surface area contributed by atoms with Gasteiger partial charge in [0.25, 0.3) is 0 Å². The van der Waals surface area contributed by atoms with E-state index in [1.165, 1.54) is 6.07 Å². The van der Waals surface area contributed by atoms with Gasteiger partial charge in [0.2, 0.25) is 0 Å². The van der Waals surface area contributed by atoms with E-state index in [0.29, 0.717) is 42.1 Å². The lowest BCUT2D eigenvalue weighted by atomic mass is 10.2. The Morgan fingerprint density at radius 2 is 1.62 bits per heavy atom. The number of para-hydroxylation sites is 1. The summed E-state index contributed by atoms with van der Waals surface area (Å²) in [5, 5.41) is 6.19. The highest BCUT2D eigenvalue weighted by Gasteiger charge is 2.12. The number of nitrogens with zero attached hydrogens (tertiary/aromatic N) is 2. The largest absolute Gasteiger partial charge is 0.486 e. The first kappa shape index (κ1) is 16.1. The molecule has 0 saturated heterocycles. The summed E-state index contributed by atoms with van der Waals surface area (Å²) in [6.07, 6.45) is 0. The molecule has 1 aliphatic heterocycles. The molecule has 0 amide bonds. The van der Waals surface area contributed by atoms with Gasteiger partial charge in [0.15, 0.2) is 11.5 Å². The van der Waals surface area contributed by atoms with Gasteiger partial charge in [-0.1, -0.05) is 12.1 Å². The van der Waals surface area contributed by atoms with Crippen LogP contribution in [0.25, 0.3) is 0 Å². The predicted molar refractivity (Wildman–Crippen MR) is 97.2 cm³/mol. The van der Waals surface area contributed by atoms with Gasteiger partial charge in [-0.25, -0.2) is 14.4 Å². The summed E-state index contributed by atoms with van der Waals surface area (Å²) in [5.41, 5.74) is 1.17. The Kier molecular flexibility index (Phi) is 4.27. The highest BCUT2D eigenvalue weighted by molar-refractivity contribution is 5.65. The number of anilines is 4. The second kappa shape index (κ2) is 6.87. The molecule has 0 aliphatic carbocycles. The van der Waals surface area contributed by atoms with E-state index in [-0.39, 0.29) is 5.82 Å². The van der Waals surface area contributed by atoms with E-state index in [9.17, 15) is 4.39 Å². The average molecular weight is 352 g/mol. The second-order valence-electron chi connectivity index (χ2n) is 5.77. The van der Waals surface area contributed by atoms with E-state index in [4.69, 9.17) is 9.47 Å². The summed E-state index contributed by atoms with van der Waals surface area (Å²) in [5.74, 6) is 2.73. The number of hydrogen-bond donors (Lipinski definition) is 2. The van der Waals surface area contributed by atoms with Crippen LogP contribution in [0.4, 0.5) is 27.4 Å². The summed E-state index contributed by atoms with van der Waals surface area (Å²) >= 11 is 0. The van der Waals surface area contributed by atoms with E-state index in [1.807, 2.05) is 18.2 Å². The summed E-state index contributed by atoms with van der Waals surface area (Å²) in [6, 6.07) is 13.8. The molecule has 132 valence electrons. The zero-order chi connectivity index (χ0) is 17.9. The Bertz CT molecular complexity index is 949. The number of fused-ring (bicyclic) bond motifs is 1. The molecule has 4 rings (SSSR count). The molecule has 2 aromatic carbocycles. The van der Waals surface area contributed by atoms with Crippen LogP contribution in [0.2, 0.25) is 0 Å². The number of benzene rings is 2. The van der Waals surface area contributed by atoms with Crippen LogP contribution < -0.4 is 20.1 Å². The summed E-state index contributed by atoms with van der Waals surface area (Å²) in [4.78, 5) is 8.69. The molecule has 0 saturated carbocycles. The van der Waals surface area contributed by atoms with Crippen molar-refractivity contribution in [3.05, 3.63) is 60.2 Å². The quantitative estimate of drug-likeness (QED) is 0.734. The van der Waals surface area contributed by atoms with E-state index in [1.54, 1.807) is 31.2 Å². The molecular weight excluding hydrogens is 335 g/mol. The first-order valence-corrected chi connectivity index (χ1v) is 8.21. The third-order valence-corrected chi connectivity index (χ3v) is 3.79. The summed E-state index contributed by atoms with van der Waals surface area (Å²) < 4.78 is 24.9. The number of halogens is 1. The third kappa shape index (κ3) is 3.51. The topological polar surface area (TPSA) is 68.3 Å². The normalized spacial score (nSPS) is 12.5. The summed E-state index contributed by atoms with van der Waals surface area (Å²) in [7, 11) is 0. The van der Waals surface area contributed by atoms with Crippen molar-refractivity contribution in [1.29, 1.82) is 0 Å². The average Bonchev–Trinajstić information content (AvgIpc) is 2.63. The number of hydrogen-bond acceptors (Lipinski definition) is 6. The van der Waals surface area contributed by atoms with E-state index in [2.05, 4.69) is 20.6 Å². The van der Waals surface area contributed by atoms with Crippen molar-refractivity contribution in [2.45, 2.75) is 6.92 Å². The van der Waals surface area contributed by atoms with E-state index in [0.717, 1.165) is 11.4 Å². The molecule has 3 aromatic rings. The van der Waals surface area contributed by atoms with Crippen molar-refractivity contribution >= 4 is 23.0 Å². The first-order valence-electron chi connectivity index (χ1n) is 8.21. The molecular formula is C19H17FN4O2. The fourth-order valence-corrected chi connectivity index (χ4v) is 2.67. The molecule has 7 heteroatoms. The van der Waals surface area contributed by atoms with Crippen molar-refractivity contribution in [2.75, 3.05) is 23.8 Å². The van der Waals surface area contributed by atoms with E-state index >= 15 is 0 Å². The molecule has 0 atom stereocenters. The molecule has 2 heterocycles. The highest BCUT2D eigenvalue weighted by Crippen LogP contribution is 2.33. The van der Waals surface area contributed by atoms with Gasteiger partial charge in [0.1, 0.15) is 36.5 Å². The Morgan fingerprint density at radius 3 is 2.42 bits per heavy atom. The van der Waals surface area contributed by atoms with Gasteiger partial charge in [0, 0.05) is 17.8 Å². The maximum Gasteiger partial charge on any atom is 0.163 e. The Labute approximate surface area is 150 Å². The molecule has 0 bridgehead atoms. The minimum absolute atomic E-state index is 0.342. The predicted octanol–water partition coefficient (Wildman–Crippen LogP) is 4.18. The van der Waals surface area contributed by atoms with Crippen molar-refractivity contribution in [2.24, 2.45) is 0 Å². The van der Waals surface area contributed by atoms with Gasteiger partial charge in [-0.15, -0.1) is 0 Å². The Balaban J connectivity index is 1.57. The van der Waals surface area contributed by atoms with Gasteiger partial charge in [0.05, 0.1) is 5.69 Å². The number of aryl methyl sites for hydroxylation is 1. The van der Waals surface area contributed by atoms with Crippen LogP contribution in [0.5, 0.6) is 11.5 Å². The van der Waals surface area contributed by atoms with E-state index < -0.39 is 0 Å². The zero-order valence-electron chi connectivity index (χ0n) is 14.1. The van der Waals surface area contributed by atoms with Crippen LogP contribution in [0.1, 0.15) is 5.82 Å². The van der Waals surface area contributed by atoms with Gasteiger partial charge < -0.3 is 20.1 Å². The number of rotatable bonds is 4. The molecule has 26 heavy (non-hydrogen) atoms. The molecule has 6 nitrogen and oxygen atoms in total. The second-order valence-corrected chi connectivity index (χ2v) is 5.77. The van der Waals surface area contributed by atoms with Crippen molar-refractivity contribution in [3.63, 3.8) is 0 Å². The lowest BCUT2D eigenvalue weighted by molar-refractivity contribution is 0.171. The lowest BCUT2D eigenvalue weighted by Crippen LogP contribution is -2.15. The molecule has 2 N–H and O–H groups in total. The zero-order valence-corrected chi connectivity index (χ0v) is 14.1. The van der Waals surface area contributed by atoms with Gasteiger partial charge in [-0.05, 0) is 31.2 Å². The minimum atomic E-state index is -0.342. The Morgan fingerprint density at radius 1 is 0.885 bits per heavy atom. The van der Waals surface area contributed by atoms with Gasteiger partial charge in [-0.3, -0.25) is 0 Å². The fourth-order valence-electron chi connectivity index (χ4n) is 2.67. The maximum absolute atomic E-state index is 13.8. The van der Waals surface area contributed by atoms with Gasteiger partial charge >= 0.3 is 0 Å². The maximum atomic E-state index is 13.8. The van der Waals surface area contributed by atoms with Crippen LogP contribution in [0.15, 0.2) is 48.5 Å². The van der Waals surface area contributed by atoms with Crippen molar-refractivity contribution in [3.8, 4) is 11.5 Å².